The van der Waals surface area contributed by atoms with Crippen molar-refractivity contribution in [3.05, 3.63) is 53.6 Å². The van der Waals surface area contributed by atoms with E-state index in [2.05, 4.69) is 72.5 Å². The van der Waals surface area contributed by atoms with Crippen molar-refractivity contribution in [3.63, 3.8) is 0 Å². The molecule has 0 nitrogen and oxygen atoms in total. The molecule has 1 unspecified atom stereocenters. The van der Waals surface area contributed by atoms with Gasteiger partial charge >= 0.3 is 0 Å². The maximum absolute atomic E-state index is 3.15. The van der Waals surface area contributed by atoms with Gasteiger partial charge in [-0.25, -0.2) is 0 Å². The van der Waals surface area contributed by atoms with Crippen LogP contribution >= 0.6 is 9.24 Å². The Balaban J connectivity index is 2.21. The Morgan fingerprint density at radius 1 is 0.846 bits per heavy atom. The van der Waals surface area contributed by atoms with Crippen molar-refractivity contribution in [3.8, 4) is 11.1 Å². The average Bonchev–Trinajstić information content (AvgIpc) is 2.72. The van der Waals surface area contributed by atoms with E-state index in [1.54, 1.807) is 11.1 Å². The second-order valence-corrected chi connectivity index (χ2v) is 8.61. The highest BCUT2D eigenvalue weighted by atomic mass is 31.0. The first kappa shape index (κ1) is 19.6. The van der Waals surface area contributed by atoms with Crippen LogP contribution in [0.4, 0.5) is 0 Å². The maximum Gasteiger partial charge on any atom is -0.00456 e. The van der Waals surface area contributed by atoms with Crippen LogP contribution in [0.1, 0.15) is 89.2 Å². The van der Waals surface area contributed by atoms with E-state index in [0.29, 0.717) is 5.41 Å². The lowest BCUT2D eigenvalue weighted by atomic mass is 9.68. The molecule has 0 N–H and O–H groups in total. The summed E-state index contributed by atoms with van der Waals surface area (Å²) in [4.78, 5) is 0. The highest BCUT2D eigenvalue weighted by Crippen LogP contribution is 2.44. The molecule has 1 atom stereocenters. The first-order valence-electron chi connectivity index (χ1n) is 10.6. The SMILES string of the molecule is CCC(CC)(CC)c1c(C2CCCCC2)ccc(-c2ccccc2)c1P. The predicted octanol–water partition coefficient (Wildman–Crippen LogP) is 7.37. The van der Waals surface area contributed by atoms with Crippen LogP contribution < -0.4 is 5.30 Å². The molecule has 1 aliphatic carbocycles. The number of rotatable bonds is 6. The van der Waals surface area contributed by atoms with Crippen molar-refractivity contribution >= 4 is 14.5 Å². The van der Waals surface area contributed by atoms with E-state index < -0.39 is 0 Å². The quantitative estimate of drug-likeness (QED) is 0.468. The summed E-state index contributed by atoms with van der Waals surface area (Å²) in [6.45, 7) is 7.16. The fourth-order valence-electron chi connectivity index (χ4n) is 5.13. The van der Waals surface area contributed by atoms with Gasteiger partial charge in [0.25, 0.3) is 0 Å². The fraction of sp³-hybridized carbons (Fsp3) is 0.520. The lowest BCUT2D eigenvalue weighted by Crippen LogP contribution is -2.31. The zero-order valence-corrected chi connectivity index (χ0v) is 18.0. The molecule has 0 aromatic heterocycles. The van der Waals surface area contributed by atoms with Gasteiger partial charge in [-0.2, -0.15) is 0 Å². The summed E-state index contributed by atoms with van der Waals surface area (Å²) in [7, 11) is 3.15. The highest BCUT2D eigenvalue weighted by Gasteiger charge is 2.33. The molecule has 0 saturated heterocycles. The van der Waals surface area contributed by atoms with Crippen LogP contribution in [-0.2, 0) is 5.41 Å². The van der Waals surface area contributed by atoms with Crippen LogP contribution in [0, 0.1) is 0 Å². The van der Waals surface area contributed by atoms with E-state index in [1.807, 2.05) is 0 Å². The minimum absolute atomic E-state index is 0.300. The molecule has 1 aliphatic rings. The molecule has 0 aliphatic heterocycles. The molecule has 2 aromatic rings. The molecular formula is C25H35P. The van der Waals surface area contributed by atoms with Gasteiger partial charge in [-0.1, -0.05) is 82.5 Å². The third-order valence-electron chi connectivity index (χ3n) is 6.97. The lowest BCUT2D eigenvalue weighted by molar-refractivity contribution is 0.370. The Kier molecular flexibility index (Phi) is 6.57. The summed E-state index contributed by atoms with van der Waals surface area (Å²) in [5, 5.41) is 1.45. The number of benzene rings is 2. The predicted molar refractivity (Wildman–Crippen MR) is 120 cm³/mol. The molecule has 140 valence electrons. The molecule has 0 spiro atoms. The van der Waals surface area contributed by atoms with E-state index in [4.69, 9.17) is 0 Å². The summed E-state index contributed by atoms with van der Waals surface area (Å²) < 4.78 is 0. The summed E-state index contributed by atoms with van der Waals surface area (Å²) in [6, 6.07) is 15.8. The minimum atomic E-state index is 0.300. The molecule has 0 bridgehead atoms. The number of hydrogen-bond donors (Lipinski definition) is 0. The maximum atomic E-state index is 3.15. The topological polar surface area (TPSA) is 0 Å². The Hall–Kier alpha value is -1.13. The Morgan fingerprint density at radius 3 is 2.04 bits per heavy atom. The van der Waals surface area contributed by atoms with E-state index in [0.717, 1.165) is 5.92 Å². The first-order valence-corrected chi connectivity index (χ1v) is 11.2. The minimum Gasteiger partial charge on any atom is -0.105 e. The molecule has 2 aromatic carbocycles. The van der Waals surface area contributed by atoms with Crippen LogP contribution in [0.5, 0.6) is 0 Å². The summed E-state index contributed by atoms with van der Waals surface area (Å²) in [6.07, 6.45) is 10.6. The highest BCUT2D eigenvalue weighted by molar-refractivity contribution is 7.28. The molecule has 0 amide bonds. The molecule has 0 heterocycles. The van der Waals surface area contributed by atoms with E-state index in [1.165, 1.54) is 67.8 Å². The molecule has 1 saturated carbocycles. The molecule has 3 rings (SSSR count). The van der Waals surface area contributed by atoms with Crippen molar-refractivity contribution in [2.45, 2.75) is 83.5 Å². The van der Waals surface area contributed by atoms with Crippen molar-refractivity contribution in [2.75, 3.05) is 0 Å². The fourth-order valence-corrected chi connectivity index (χ4v) is 5.87. The van der Waals surface area contributed by atoms with Crippen molar-refractivity contribution in [1.29, 1.82) is 0 Å². The van der Waals surface area contributed by atoms with Crippen LogP contribution in [-0.4, -0.2) is 0 Å². The van der Waals surface area contributed by atoms with Gasteiger partial charge in [0.2, 0.25) is 0 Å². The van der Waals surface area contributed by atoms with Gasteiger partial charge < -0.3 is 0 Å². The van der Waals surface area contributed by atoms with Crippen LogP contribution in [0.3, 0.4) is 0 Å². The zero-order valence-electron chi connectivity index (χ0n) is 16.9. The van der Waals surface area contributed by atoms with Crippen molar-refractivity contribution in [1.82, 2.24) is 0 Å². The van der Waals surface area contributed by atoms with Gasteiger partial charge in [-0.05, 0) is 71.0 Å². The summed E-state index contributed by atoms with van der Waals surface area (Å²) >= 11 is 0. The normalized spacial score (nSPS) is 16.0. The van der Waals surface area contributed by atoms with E-state index in [9.17, 15) is 0 Å². The second-order valence-electron chi connectivity index (χ2n) is 8.03. The molecule has 1 heteroatoms. The van der Waals surface area contributed by atoms with Crippen molar-refractivity contribution < 1.29 is 0 Å². The molecular weight excluding hydrogens is 331 g/mol. The van der Waals surface area contributed by atoms with Gasteiger partial charge in [0.05, 0.1) is 0 Å². The monoisotopic (exact) mass is 366 g/mol. The lowest BCUT2D eigenvalue weighted by Gasteiger charge is -2.38. The number of hydrogen-bond acceptors (Lipinski definition) is 0. The van der Waals surface area contributed by atoms with Crippen LogP contribution in [0.25, 0.3) is 11.1 Å². The van der Waals surface area contributed by atoms with Gasteiger partial charge in [0, 0.05) is 0 Å². The first-order chi connectivity index (χ1) is 12.7. The third kappa shape index (κ3) is 3.63. The molecule has 26 heavy (non-hydrogen) atoms. The standard InChI is InChI=1S/C25H35P/c1-4-25(5-2,6-3)23-21(19-13-9-7-10-14-19)17-18-22(24(23)26)20-15-11-8-12-16-20/h8,11-12,15-19H,4-7,9-10,13-14,26H2,1-3H3. The average molecular weight is 367 g/mol. The second kappa shape index (κ2) is 8.71. The van der Waals surface area contributed by atoms with Gasteiger partial charge in [-0.15, -0.1) is 9.24 Å². The molecule has 1 fully saturated rings. The van der Waals surface area contributed by atoms with Gasteiger partial charge in [-0.3, -0.25) is 0 Å². The van der Waals surface area contributed by atoms with E-state index >= 15 is 0 Å². The molecule has 0 radical (unpaired) electrons. The Bertz CT molecular complexity index is 698. The largest absolute Gasteiger partial charge is 0.105 e. The van der Waals surface area contributed by atoms with E-state index in [-0.39, 0.29) is 0 Å². The third-order valence-corrected chi connectivity index (χ3v) is 7.57. The van der Waals surface area contributed by atoms with Crippen LogP contribution in [0.2, 0.25) is 0 Å². The van der Waals surface area contributed by atoms with Gasteiger partial charge in [0.1, 0.15) is 0 Å². The van der Waals surface area contributed by atoms with Crippen molar-refractivity contribution in [2.24, 2.45) is 0 Å². The summed E-state index contributed by atoms with van der Waals surface area (Å²) in [5.41, 5.74) is 6.34. The zero-order chi connectivity index (χ0) is 18.6. The summed E-state index contributed by atoms with van der Waals surface area (Å²) in [5.74, 6) is 0.756. The smallest absolute Gasteiger partial charge is 0.00456 e. The van der Waals surface area contributed by atoms with Gasteiger partial charge in [0.15, 0.2) is 0 Å². The Labute approximate surface area is 163 Å². The van der Waals surface area contributed by atoms with Crippen LogP contribution in [0.15, 0.2) is 42.5 Å². The Morgan fingerprint density at radius 2 is 1.46 bits per heavy atom.